The van der Waals surface area contributed by atoms with Gasteiger partial charge in [0.05, 0.1) is 38.9 Å². The molecule has 2 rings (SSSR count). The maximum atomic E-state index is 13.9. The molecule has 0 bridgehead atoms. The number of hydrogen-bond acceptors (Lipinski definition) is 9. The number of methoxy groups -OCH3 is 2. The number of carbonyl (C=O) groups excluding carboxylic acids is 4. The van der Waals surface area contributed by atoms with Crippen molar-refractivity contribution in [2.24, 2.45) is 5.92 Å². The van der Waals surface area contributed by atoms with Gasteiger partial charge in [0.2, 0.25) is 17.2 Å². The lowest BCUT2D eigenvalue weighted by atomic mass is 9.79. The number of Topliss-reactive ketones (excluding diaryl/α,β-unsaturated/α-hetero) is 1. The van der Waals surface area contributed by atoms with E-state index in [0.29, 0.717) is 5.75 Å². The molecule has 1 N–H and O–H groups in total. The molecule has 1 amide bonds. The summed E-state index contributed by atoms with van der Waals surface area (Å²) in [6, 6.07) is 12.2. The lowest BCUT2D eigenvalue weighted by Gasteiger charge is -2.34. The third kappa shape index (κ3) is 6.38. The minimum atomic E-state index is -2.43. The van der Waals surface area contributed by atoms with E-state index in [9.17, 15) is 19.2 Å². The third-order valence-corrected chi connectivity index (χ3v) is 5.60. The second kappa shape index (κ2) is 13.3. The number of benzene rings is 2. The molecule has 200 valence electrons. The van der Waals surface area contributed by atoms with Gasteiger partial charge in [-0.15, -0.1) is 0 Å². The van der Waals surface area contributed by atoms with E-state index in [0.717, 1.165) is 12.5 Å². The van der Waals surface area contributed by atoms with Gasteiger partial charge in [-0.2, -0.15) is 0 Å². The SMILES string of the molecule is CCOC(=O)C(NC(C)=O)(C(=O)OCC)C(C)C(=O)c1ccc(OC)c(OC)c1OCc1ccccc1. The lowest BCUT2D eigenvalue weighted by molar-refractivity contribution is -0.170. The van der Waals surface area contributed by atoms with Crippen LogP contribution in [-0.2, 0) is 30.5 Å². The van der Waals surface area contributed by atoms with E-state index in [1.54, 1.807) is 0 Å². The van der Waals surface area contributed by atoms with Gasteiger partial charge in [-0.3, -0.25) is 9.59 Å². The van der Waals surface area contributed by atoms with E-state index in [1.807, 2.05) is 30.3 Å². The maximum Gasteiger partial charge on any atom is 0.344 e. The third-order valence-electron chi connectivity index (χ3n) is 5.60. The van der Waals surface area contributed by atoms with Gasteiger partial charge in [-0.05, 0) is 31.5 Å². The number of rotatable bonds is 13. The van der Waals surface area contributed by atoms with Crippen LogP contribution in [0.2, 0.25) is 0 Å². The fourth-order valence-corrected chi connectivity index (χ4v) is 3.81. The van der Waals surface area contributed by atoms with Crippen molar-refractivity contribution >= 4 is 23.6 Å². The first-order valence-corrected chi connectivity index (χ1v) is 11.8. The summed E-state index contributed by atoms with van der Waals surface area (Å²) in [6.07, 6.45) is 0. The minimum absolute atomic E-state index is 0.00408. The van der Waals surface area contributed by atoms with E-state index in [4.69, 9.17) is 23.7 Å². The van der Waals surface area contributed by atoms with Crippen molar-refractivity contribution in [3.63, 3.8) is 0 Å². The summed E-state index contributed by atoms with van der Waals surface area (Å²) in [5.41, 5.74) is -1.60. The van der Waals surface area contributed by atoms with Crippen LogP contribution in [0.15, 0.2) is 42.5 Å². The van der Waals surface area contributed by atoms with Crippen molar-refractivity contribution in [3.05, 3.63) is 53.6 Å². The van der Waals surface area contributed by atoms with E-state index >= 15 is 0 Å². The highest BCUT2D eigenvalue weighted by Crippen LogP contribution is 2.42. The van der Waals surface area contributed by atoms with E-state index in [-0.39, 0.29) is 36.9 Å². The zero-order valence-corrected chi connectivity index (χ0v) is 21.9. The fraction of sp³-hybridized carbons (Fsp3) is 0.407. The predicted molar refractivity (Wildman–Crippen MR) is 134 cm³/mol. The lowest BCUT2D eigenvalue weighted by Crippen LogP contribution is -2.66. The molecule has 1 unspecified atom stereocenters. The maximum absolute atomic E-state index is 13.9. The van der Waals surface area contributed by atoms with Gasteiger partial charge < -0.3 is 29.0 Å². The number of hydrogen-bond donors (Lipinski definition) is 1. The van der Waals surface area contributed by atoms with Crippen molar-refractivity contribution in [2.75, 3.05) is 27.4 Å². The number of carbonyl (C=O) groups is 4. The number of ether oxygens (including phenoxy) is 5. The summed E-state index contributed by atoms with van der Waals surface area (Å²) in [5, 5.41) is 2.34. The molecule has 0 aromatic heterocycles. The molecule has 0 aliphatic rings. The molecule has 0 saturated carbocycles. The zero-order chi connectivity index (χ0) is 27.6. The van der Waals surface area contributed by atoms with Gasteiger partial charge in [0.25, 0.3) is 0 Å². The van der Waals surface area contributed by atoms with Crippen LogP contribution in [0.5, 0.6) is 17.2 Å². The molecule has 0 spiro atoms. The largest absolute Gasteiger partial charge is 0.493 e. The summed E-state index contributed by atoms with van der Waals surface area (Å²) in [4.78, 5) is 52.4. The van der Waals surface area contributed by atoms with E-state index in [2.05, 4.69) is 5.32 Å². The Balaban J connectivity index is 2.67. The van der Waals surface area contributed by atoms with Gasteiger partial charge in [0.1, 0.15) is 6.61 Å². The van der Waals surface area contributed by atoms with Crippen LogP contribution in [-0.4, -0.2) is 56.6 Å². The van der Waals surface area contributed by atoms with Gasteiger partial charge in [0, 0.05) is 6.92 Å². The average molecular weight is 516 g/mol. The van der Waals surface area contributed by atoms with Gasteiger partial charge in [-0.25, -0.2) is 9.59 Å². The first kappa shape index (κ1) is 29.2. The smallest absolute Gasteiger partial charge is 0.344 e. The van der Waals surface area contributed by atoms with Crippen LogP contribution in [0, 0.1) is 5.92 Å². The van der Waals surface area contributed by atoms with Crippen molar-refractivity contribution in [2.45, 2.75) is 39.8 Å². The average Bonchev–Trinajstić information content (AvgIpc) is 2.89. The van der Waals surface area contributed by atoms with E-state index < -0.39 is 35.1 Å². The first-order valence-electron chi connectivity index (χ1n) is 11.8. The molecule has 0 heterocycles. The second-order valence-electron chi connectivity index (χ2n) is 7.97. The van der Waals surface area contributed by atoms with Crippen LogP contribution in [0.25, 0.3) is 0 Å². The number of esters is 2. The van der Waals surface area contributed by atoms with Gasteiger partial charge in [0.15, 0.2) is 17.3 Å². The standard InChI is InChI=1S/C27H33NO9/c1-7-35-25(31)27(28-18(4)29,26(32)36-8-2)17(3)22(30)20-14-15-21(33-5)24(34-6)23(20)37-16-19-12-10-9-11-13-19/h9-15,17H,7-8,16H2,1-6H3,(H,28,29). The van der Waals surface area contributed by atoms with Crippen LogP contribution < -0.4 is 19.5 Å². The summed E-state index contributed by atoms with van der Waals surface area (Å²) >= 11 is 0. The molecule has 1 atom stereocenters. The highest BCUT2D eigenvalue weighted by molar-refractivity contribution is 6.15. The second-order valence-corrected chi connectivity index (χ2v) is 7.97. The number of amides is 1. The monoisotopic (exact) mass is 515 g/mol. The molecule has 0 aliphatic carbocycles. The zero-order valence-electron chi connectivity index (χ0n) is 21.9. The molecule has 37 heavy (non-hydrogen) atoms. The van der Waals surface area contributed by atoms with Crippen LogP contribution in [0.4, 0.5) is 0 Å². The summed E-state index contributed by atoms with van der Waals surface area (Å²) in [5.74, 6) is -4.60. The number of nitrogens with one attached hydrogen (secondary N) is 1. The molecular formula is C27H33NO9. The molecule has 10 heteroatoms. The Morgan fingerprint density at radius 3 is 1.95 bits per heavy atom. The quantitative estimate of drug-likeness (QED) is 0.243. The summed E-state index contributed by atoms with van der Waals surface area (Å²) in [7, 11) is 2.83. The Labute approximate surface area is 216 Å². The number of ketones is 1. The molecule has 0 saturated heterocycles. The van der Waals surface area contributed by atoms with Crippen LogP contribution >= 0.6 is 0 Å². The van der Waals surface area contributed by atoms with Gasteiger partial charge >= 0.3 is 11.9 Å². The summed E-state index contributed by atoms with van der Waals surface area (Å²) < 4.78 is 27.1. The Morgan fingerprint density at radius 1 is 0.865 bits per heavy atom. The molecule has 2 aromatic rings. The predicted octanol–water partition coefficient (Wildman–Crippen LogP) is 3.10. The highest BCUT2D eigenvalue weighted by Gasteiger charge is 2.57. The Kier molecular flexibility index (Phi) is 10.5. The van der Waals surface area contributed by atoms with Crippen molar-refractivity contribution in [1.82, 2.24) is 5.32 Å². The summed E-state index contributed by atoms with van der Waals surface area (Å²) in [6.45, 7) is 5.44. The fourth-order valence-electron chi connectivity index (χ4n) is 3.81. The topological polar surface area (TPSA) is 126 Å². The van der Waals surface area contributed by atoms with Crippen LogP contribution in [0.3, 0.4) is 0 Å². The minimum Gasteiger partial charge on any atom is -0.493 e. The van der Waals surface area contributed by atoms with Gasteiger partial charge in [-0.1, -0.05) is 37.3 Å². The highest BCUT2D eigenvalue weighted by atomic mass is 16.6. The molecule has 0 radical (unpaired) electrons. The molecule has 0 aliphatic heterocycles. The molecule has 2 aromatic carbocycles. The first-order chi connectivity index (χ1) is 17.7. The Bertz CT molecular complexity index is 1100. The van der Waals surface area contributed by atoms with Crippen molar-refractivity contribution in [1.29, 1.82) is 0 Å². The van der Waals surface area contributed by atoms with Crippen molar-refractivity contribution < 1.29 is 42.9 Å². The van der Waals surface area contributed by atoms with E-state index in [1.165, 1.54) is 47.1 Å². The molecule has 10 nitrogen and oxygen atoms in total. The van der Waals surface area contributed by atoms with Crippen LogP contribution in [0.1, 0.15) is 43.6 Å². The molecular weight excluding hydrogens is 482 g/mol. The normalized spacial score (nSPS) is 11.6. The Morgan fingerprint density at radius 2 is 1.46 bits per heavy atom. The van der Waals surface area contributed by atoms with Crippen molar-refractivity contribution in [3.8, 4) is 17.2 Å². The molecule has 0 fully saturated rings. The Hall–Kier alpha value is -4.08.